The molecule has 1 aliphatic heterocycles. The van der Waals surface area contributed by atoms with Crippen LogP contribution in [0.15, 0.2) is 16.7 Å². The normalized spacial score (nSPS) is 26.4. The van der Waals surface area contributed by atoms with Crippen molar-refractivity contribution in [3.8, 4) is 0 Å². The van der Waals surface area contributed by atoms with Crippen molar-refractivity contribution in [3.05, 3.63) is 11.7 Å². The van der Waals surface area contributed by atoms with Gasteiger partial charge in [-0.15, -0.1) is 0 Å². The van der Waals surface area contributed by atoms with Crippen LogP contribution in [-0.4, -0.2) is 19.5 Å². The van der Waals surface area contributed by atoms with Gasteiger partial charge in [0.05, 0.1) is 0 Å². The third kappa shape index (κ3) is 2.22. The van der Waals surface area contributed by atoms with E-state index in [1.807, 2.05) is 6.08 Å². The molecule has 1 fully saturated rings. The van der Waals surface area contributed by atoms with E-state index in [1.165, 1.54) is 0 Å². The number of halogens is 2. The second-order valence-electron chi connectivity index (χ2n) is 4.18. The molecular weight excluding hydrogens is 183 g/mol. The molecule has 0 aromatic carbocycles. The van der Waals surface area contributed by atoms with Crippen LogP contribution in [0.25, 0.3) is 0 Å². The molecule has 0 aromatic rings. The van der Waals surface area contributed by atoms with Crippen LogP contribution in [0, 0.1) is 5.92 Å². The van der Waals surface area contributed by atoms with Crippen LogP contribution in [0.1, 0.15) is 32.1 Å². The van der Waals surface area contributed by atoms with Crippen LogP contribution < -0.4 is 0 Å². The van der Waals surface area contributed by atoms with E-state index in [2.05, 4.69) is 4.99 Å². The Morgan fingerprint density at radius 2 is 2.21 bits per heavy atom. The van der Waals surface area contributed by atoms with E-state index in [4.69, 9.17) is 7.85 Å². The van der Waals surface area contributed by atoms with Crippen LogP contribution in [0.4, 0.5) is 8.78 Å². The molecule has 2 rings (SSSR count). The molecular formula is C10H12BF2N. The summed E-state index contributed by atoms with van der Waals surface area (Å²) < 4.78 is 25.1. The first-order chi connectivity index (χ1) is 6.55. The maximum atomic E-state index is 12.5. The Morgan fingerprint density at radius 3 is 2.79 bits per heavy atom. The van der Waals surface area contributed by atoms with Crippen LogP contribution in [0.5, 0.6) is 0 Å². The van der Waals surface area contributed by atoms with Crippen molar-refractivity contribution in [1.82, 2.24) is 0 Å². The summed E-state index contributed by atoms with van der Waals surface area (Å²) in [5.74, 6) is -2.30. The lowest BCUT2D eigenvalue weighted by Crippen LogP contribution is -2.36. The first kappa shape index (κ1) is 9.87. The average molecular weight is 195 g/mol. The lowest BCUT2D eigenvalue weighted by atomic mass is 9.77. The van der Waals surface area contributed by atoms with E-state index in [0.717, 1.165) is 18.6 Å². The Labute approximate surface area is 83.7 Å². The fraction of sp³-hybridized carbons (Fsp3) is 0.700. The molecule has 2 aliphatic rings. The van der Waals surface area contributed by atoms with Crippen LogP contribution >= 0.6 is 0 Å². The van der Waals surface area contributed by atoms with Crippen LogP contribution in [0.3, 0.4) is 0 Å². The molecule has 2 radical (unpaired) electrons. The molecule has 1 aliphatic carbocycles. The lowest BCUT2D eigenvalue weighted by molar-refractivity contribution is -0.108. The quantitative estimate of drug-likeness (QED) is 0.600. The van der Waals surface area contributed by atoms with Gasteiger partial charge in [-0.05, 0) is 30.8 Å². The second kappa shape index (κ2) is 3.48. The summed E-state index contributed by atoms with van der Waals surface area (Å²) in [5.41, 5.74) is 1.53. The molecule has 0 spiro atoms. The minimum absolute atomic E-state index is 0.0235. The smallest absolute Gasteiger partial charge is 0.248 e. The number of hydrogen-bond acceptors (Lipinski definition) is 1. The van der Waals surface area contributed by atoms with Gasteiger partial charge >= 0.3 is 0 Å². The summed E-state index contributed by atoms with van der Waals surface area (Å²) in [4.78, 5) is 4.16. The first-order valence-corrected chi connectivity index (χ1v) is 4.95. The fourth-order valence-electron chi connectivity index (χ4n) is 2.08. The second-order valence-corrected chi connectivity index (χ2v) is 4.18. The van der Waals surface area contributed by atoms with Gasteiger partial charge in [0.25, 0.3) is 0 Å². The topological polar surface area (TPSA) is 12.4 Å². The van der Waals surface area contributed by atoms with Crippen molar-refractivity contribution in [3.63, 3.8) is 0 Å². The summed E-state index contributed by atoms with van der Waals surface area (Å²) in [6.07, 6.45) is 4.39. The number of allylic oxidation sites excluding steroid dienone is 1. The molecule has 0 bridgehead atoms. The maximum absolute atomic E-state index is 12.5. The van der Waals surface area contributed by atoms with Gasteiger partial charge in [0.1, 0.15) is 7.85 Å². The van der Waals surface area contributed by atoms with E-state index in [1.54, 1.807) is 0 Å². The van der Waals surface area contributed by atoms with Crippen LogP contribution in [-0.2, 0) is 0 Å². The van der Waals surface area contributed by atoms with E-state index in [-0.39, 0.29) is 18.8 Å². The van der Waals surface area contributed by atoms with Gasteiger partial charge in [0.2, 0.25) is 5.92 Å². The number of rotatable bonds is 2. The van der Waals surface area contributed by atoms with Gasteiger partial charge in [0.15, 0.2) is 0 Å². The third-order valence-corrected chi connectivity index (χ3v) is 2.77. The molecule has 1 nitrogen and oxygen atoms in total. The largest absolute Gasteiger partial charge is 0.274 e. The summed E-state index contributed by atoms with van der Waals surface area (Å²) in [6.45, 7) is 0. The molecule has 1 saturated carbocycles. The van der Waals surface area contributed by atoms with Gasteiger partial charge in [-0.2, -0.15) is 0 Å². The van der Waals surface area contributed by atoms with Gasteiger partial charge in [-0.1, -0.05) is 6.08 Å². The molecule has 0 N–H and O–H groups in total. The summed E-state index contributed by atoms with van der Waals surface area (Å²) >= 11 is 0. The van der Waals surface area contributed by atoms with Gasteiger partial charge in [-0.25, -0.2) is 8.78 Å². The zero-order valence-electron chi connectivity index (χ0n) is 7.97. The van der Waals surface area contributed by atoms with Gasteiger partial charge < -0.3 is 0 Å². The van der Waals surface area contributed by atoms with E-state index in [0.29, 0.717) is 12.0 Å². The third-order valence-electron chi connectivity index (χ3n) is 2.77. The Hall–Kier alpha value is -0.665. The van der Waals surface area contributed by atoms with Crippen molar-refractivity contribution >= 4 is 13.6 Å². The highest BCUT2D eigenvalue weighted by Gasteiger charge is 2.45. The molecule has 0 aromatic heterocycles. The number of nitrogens with zero attached hydrogens (tertiary/aromatic N) is 1. The molecule has 4 heteroatoms. The van der Waals surface area contributed by atoms with Crippen molar-refractivity contribution in [2.45, 2.75) is 38.0 Å². The predicted molar refractivity (Wildman–Crippen MR) is 52.8 cm³/mol. The average Bonchev–Trinajstić information content (AvgIpc) is 2.00. The molecule has 0 amide bonds. The lowest BCUT2D eigenvalue weighted by Gasteiger charge is -2.35. The van der Waals surface area contributed by atoms with E-state index in [9.17, 15) is 8.78 Å². The van der Waals surface area contributed by atoms with Crippen molar-refractivity contribution < 1.29 is 8.78 Å². The number of aliphatic imine (C=N–C) groups is 1. The first-order valence-electron chi connectivity index (χ1n) is 4.95. The Kier molecular flexibility index (Phi) is 2.46. The zero-order valence-corrected chi connectivity index (χ0v) is 7.97. The predicted octanol–water partition coefficient (Wildman–Crippen LogP) is 2.67. The molecule has 14 heavy (non-hydrogen) atoms. The fourth-order valence-corrected chi connectivity index (χ4v) is 2.08. The van der Waals surface area contributed by atoms with Crippen molar-refractivity contribution in [1.29, 1.82) is 0 Å². The molecule has 74 valence electrons. The van der Waals surface area contributed by atoms with Crippen molar-refractivity contribution in [2.75, 3.05) is 0 Å². The van der Waals surface area contributed by atoms with Gasteiger partial charge in [0, 0.05) is 18.6 Å². The molecule has 0 saturated heterocycles. The summed E-state index contributed by atoms with van der Waals surface area (Å²) in [7, 11) is 5.54. The van der Waals surface area contributed by atoms with E-state index >= 15 is 0 Å². The highest BCUT2D eigenvalue weighted by Crippen LogP contribution is 2.44. The summed E-state index contributed by atoms with van der Waals surface area (Å²) in [5, 5.41) is 0. The number of hydrogen-bond donors (Lipinski definition) is 0. The Morgan fingerprint density at radius 1 is 1.50 bits per heavy atom. The minimum atomic E-state index is -2.42. The highest BCUT2D eigenvalue weighted by atomic mass is 19.3. The maximum Gasteiger partial charge on any atom is 0.248 e. The molecule has 1 heterocycles. The SMILES string of the molecule is [B]C1=CCCC(CC2CC(F)(F)C2)=N1. The number of alkyl halides is 2. The molecule has 0 unspecified atom stereocenters. The van der Waals surface area contributed by atoms with Gasteiger partial charge in [-0.3, -0.25) is 4.99 Å². The van der Waals surface area contributed by atoms with Crippen LogP contribution in [0.2, 0.25) is 0 Å². The highest BCUT2D eigenvalue weighted by molar-refractivity contribution is 6.22. The monoisotopic (exact) mass is 195 g/mol. The Balaban J connectivity index is 1.85. The molecule has 0 atom stereocenters. The summed E-state index contributed by atoms with van der Waals surface area (Å²) in [6, 6.07) is 0. The van der Waals surface area contributed by atoms with Crippen molar-refractivity contribution in [2.24, 2.45) is 10.9 Å². The minimum Gasteiger partial charge on any atom is -0.274 e. The standard InChI is InChI=1S/C10H12BF2N/c11-9-3-1-2-8(14-9)4-7-5-10(12,13)6-7/h3,7H,1-2,4-6H2. The Bertz CT molecular complexity index is 288. The van der Waals surface area contributed by atoms with E-state index < -0.39 is 5.92 Å². The zero-order chi connectivity index (χ0) is 10.2.